The zero-order valence-corrected chi connectivity index (χ0v) is 15.4. The third-order valence-electron chi connectivity index (χ3n) is 4.77. The fraction of sp³-hybridized carbons (Fsp3) is 0.727. The van der Waals surface area contributed by atoms with E-state index in [2.05, 4.69) is 19.1 Å². The second-order valence-electron chi connectivity index (χ2n) is 6.97. The van der Waals surface area contributed by atoms with Crippen LogP contribution in [0.15, 0.2) is 24.3 Å². The first-order chi connectivity index (χ1) is 11.4. The van der Waals surface area contributed by atoms with Crippen molar-refractivity contribution in [3.8, 4) is 0 Å². The van der Waals surface area contributed by atoms with Crippen LogP contribution in [-0.4, -0.2) is 5.11 Å². The van der Waals surface area contributed by atoms with Crippen molar-refractivity contribution >= 4 is 0 Å². The van der Waals surface area contributed by atoms with E-state index in [9.17, 15) is 0 Å². The maximum absolute atomic E-state index is 9.03. The summed E-state index contributed by atoms with van der Waals surface area (Å²) in [7, 11) is 0. The van der Waals surface area contributed by atoms with Gasteiger partial charge in [-0.2, -0.15) is 0 Å². The highest BCUT2D eigenvalue weighted by Crippen LogP contribution is 2.14. The predicted octanol–water partition coefficient (Wildman–Crippen LogP) is 6.81. The summed E-state index contributed by atoms with van der Waals surface area (Å²) in [5.41, 5.74) is 2.42. The third-order valence-corrected chi connectivity index (χ3v) is 4.77. The summed E-state index contributed by atoms with van der Waals surface area (Å²) in [4.78, 5) is 0. The van der Waals surface area contributed by atoms with Gasteiger partial charge in [-0.25, -0.2) is 0 Å². The first kappa shape index (κ1) is 20.2. The number of hydrogen-bond acceptors (Lipinski definition) is 1. The Morgan fingerprint density at radius 1 is 0.565 bits per heavy atom. The lowest BCUT2D eigenvalue weighted by molar-refractivity contribution is 0.282. The molecule has 1 rings (SSSR count). The molecule has 1 aromatic rings. The van der Waals surface area contributed by atoms with Crippen molar-refractivity contribution in [2.75, 3.05) is 0 Å². The molecule has 0 bridgehead atoms. The second kappa shape index (κ2) is 14.8. The Labute approximate surface area is 144 Å². The van der Waals surface area contributed by atoms with Crippen LogP contribution < -0.4 is 0 Å². The molecule has 0 saturated heterocycles. The molecule has 1 heteroatoms. The summed E-state index contributed by atoms with van der Waals surface area (Å²) >= 11 is 0. The molecule has 0 aliphatic heterocycles. The maximum Gasteiger partial charge on any atom is 0.0681 e. The van der Waals surface area contributed by atoms with Crippen LogP contribution in [0.2, 0.25) is 0 Å². The van der Waals surface area contributed by atoms with E-state index in [1.54, 1.807) is 0 Å². The number of benzene rings is 1. The molecule has 132 valence electrons. The van der Waals surface area contributed by atoms with Gasteiger partial charge in [0.2, 0.25) is 0 Å². The van der Waals surface area contributed by atoms with Gasteiger partial charge in [0.05, 0.1) is 6.61 Å². The molecule has 0 amide bonds. The second-order valence-corrected chi connectivity index (χ2v) is 6.97. The summed E-state index contributed by atoms with van der Waals surface area (Å²) in [6.07, 6.45) is 19.6. The smallest absolute Gasteiger partial charge is 0.0681 e. The molecule has 0 saturated carbocycles. The summed E-state index contributed by atoms with van der Waals surface area (Å²) in [5, 5.41) is 9.03. The summed E-state index contributed by atoms with van der Waals surface area (Å²) in [5.74, 6) is 0. The van der Waals surface area contributed by atoms with E-state index in [0.29, 0.717) is 0 Å². The van der Waals surface area contributed by atoms with Gasteiger partial charge < -0.3 is 5.11 Å². The highest BCUT2D eigenvalue weighted by molar-refractivity contribution is 5.21. The minimum atomic E-state index is 0.152. The zero-order valence-electron chi connectivity index (χ0n) is 15.4. The number of aryl methyl sites for hydroxylation is 1. The van der Waals surface area contributed by atoms with E-state index in [0.717, 1.165) is 5.56 Å². The molecule has 0 radical (unpaired) electrons. The Balaban J connectivity index is 1.82. The molecule has 1 aromatic carbocycles. The van der Waals surface area contributed by atoms with Crippen LogP contribution in [-0.2, 0) is 13.0 Å². The molecular formula is C22H38O. The number of hydrogen-bond donors (Lipinski definition) is 1. The molecule has 0 aromatic heterocycles. The molecule has 1 N–H and O–H groups in total. The lowest BCUT2D eigenvalue weighted by Crippen LogP contribution is -1.88. The van der Waals surface area contributed by atoms with E-state index in [-0.39, 0.29) is 6.61 Å². The van der Waals surface area contributed by atoms with Gasteiger partial charge in [0.25, 0.3) is 0 Å². The van der Waals surface area contributed by atoms with Crippen molar-refractivity contribution in [1.29, 1.82) is 0 Å². The van der Waals surface area contributed by atoms with Gasteiger partial charge in [0, 0.05) is 0 Å². The average Bonchev–Trinajstić information content (AvgIpc) is 2.59. The summed E-state index contributed by atoms with van der Waals surface area (Å²) in [6.45, 7) is 2.44. The minimum Gasteiger partial charge on any atom is -0.392 e. The number of aliphatic hydroxyl groups excluding tert-OH is 1. The van der Waals surface area contributed by atoms with Crippen LogP contribution >= 0.6 is 0 Å². The molecule has 0 spiro atoms. The Morgan fingerprint density at radius 2 is 0.957 bits per heavy atom. The SMILES string of the molecule is CCCCCCCCCCCCCCCc1ccc(CO)cc1. The topological polar surface area (TPSA) is 20.2 Å². The molecule has 0 aliphatic rings. The van der Waals surface area contributed by atoms with E-state index in [4.69, 9.17) is 5.11 Å². The van der Waals surface area contributed by atoms with E-state index >= 15 is 0 Å². The lowest BCUT2D eigenvalue weighted by Gasteiger charge is -2.04. The average molecular weight is 319 g/mol. The van der Waals surface area contributed by atoms with Gasteiger partial charge in [0.15, 0.2) is 0 Å². The number of unbranched alkanes of at least 4 members (excludes halogenated alkanes) is 12. The van der Waals surface area contributed by atoms with Gasteiger partial charge >= 0.3 is 0 Å². The van der Waals surface area contributed by atoms with Crippen LogP contribution in [0, 0.1) is 0 Å². The highest BCUT2D eigenvalue weighted by atomic mass is 16.3. The quantitative estimate of drug-likeness (QED) is 0.352. The van der Waals surface area contributed by atoms with E-state index < -0.39 is 0 Å². The molecule has 23 heavy (non-hydrogen) atoms. The highest BCUT2D eigenvalue weighted by Gasteiger charge is 1.96. The Bertz CT molecular complexity index is 355. The van der Waals surface area contributed by atoms with Crippen molar-refractivity contribution in [3.05, 3.63) is 35.4 Å². The van der Waals surface area contributed by atoms with Crippen molar-refractivity contribution in [1.82, 2.24) is 0 Å². The summed E-state index contributed by atoms with van der Waals surface area (Å²) in [6, 6.07) is 8.40. The maximum atomic E-state index is 9.03. The lowest BCUT2D eigenvalue weighted by atomic mass is 10.0. The van der Waals surface area contributed by atoms with E-state index in [1.165, 1.54) is 95.5 Å². The fourth-order valence-electron chi connectivity index (χ4n) is 3.16. The van der Waals surface area contributed by atoms with Gasteiger partial charge in [-0.1, -0.05) is 108 Å². The minimum absolute atomic E-state index is 0.152. The van der Waals surface area contributed by atoms with Gasteiger partial charge in [-0.3, -0.25) is 0 Å². The van der Waals surface area contributed by atoms with Crippen molar-refractivity contribution in [3.63, 3.8) is 0 Å². The van der Waals surface area contributed by atoms with Gasteiger partial charge in [-0.05, 0) is 24.0 Å². The first-order valence-electron chi connectivity index (χ1n) is 10.1. The Kier molecular flexibility index (Phi) is 13.0. The molecule has 0 fully saturated rings. The fourth-order valence-corrected chi connectivity index (χ4v) is 3.16. The Hall–Kier alpha value is -0.820. The van der Waals surface area contributed by atoms with Crippen LogP contribution in [0.3, 0.4) is 0 Å². The van der Waals surface area contributed by atoms with Gasteiger partial charge in [0.1, 0.15) is 0 Å². The molecule has 0 atom stereocenters. The van der Waals surface area contributed by atoms with Crippen molar-refractivity contribution in [2.24, 2.45) is 0 Å². The van der Waals surface area contributed by atoms with Gasteiger partial charge in [-0.15, -0.1) is 0 Å². The van der Waals surface area contributed by atoms with Crippen LogP contribution in [0.25, 0.3) is 0 Å². The monoisotopic (exact) mass is 318 g/mol. The third kappa shape index (κ3) is 11.4. The molecule has 0 heterocycles. The Morgan fingerprint density at radius 3 is 1.39 bits per heavy atom. The predicted molar refractivity (Wildman–Crippen MR) is 102 cm³/mol. The molecular weight excluding hydrogens is 280 g/mol. The molecule has 1 nitrogen and oxygen atoms in total. The first-order valence-corrected chi connectivity index (χ1v) is 10.1. The number of aliphatic hydroxyl groups is 1. The number of rotatable bonds is 15. The molecule has 0 unspecified atom stereocenters. The van der Waals surface area contributed by atoms with Crippen molar-refractivity contribution < 1.29 is 5.11 Å². The summed E-state index contributed by atoms with van der Waals surface area (Å²) < 4.78 is 0. The van der Waals surface area contributed by atoms with E-state index in [1.807, 2.05) is 12.1 Å². The standard InChI is InChI=1S/C22H38O/c1-2-3-4-5-6-7-8-9-10-11-12-13-14-15-21-16-18-22(20-23)19-17-21/h16-19,23H,2-15,20H2,1H3. The van der Waals surface area contributed by atoms with Crippen LogP contribution in [0.5, 0.6) is 0 Å². The normalized spacial score (nSPS) is 11.0. The van der Waals surface area contributed by atoms with Crippen LogP contribution in [0.4, 0.5) is 0 Å². The van der Waals surface area contributed by atoms with Crippen molar-refractivity contribution in [2.45, 2.75) is 103 Å². The largest absolute Gasteiger partial charge is 0.392 e. The van der Waals surface area contributed by atoms with Crippen LogP contribution in [0.1, 0.15) is 102 Å². The zero-order chi connectivity index (χ0) is 16.6. The molecule has 0 aliphatic carbocycles.